The molecule has 0 heterocycles. The molecule has 0 aromatic heterocycles. The van der Waals surface area contributed by atoms with Gasteiger partial charge >= 0.3 is 0 Å². The van der Waals surface area contributed by atoms with E-state index in [1.165, 1.54) is 4.90 Å². The molecule has 98 valence electrons. The highest BCUT2D eigenvalue weighted by Gasteiger charge is 2.21. The van der Waals surface area contributed by atoms with Crippen LogP contribution in [0.15, 0.2) is 29.2 Å². The van der Waals surface area contributed by atoms with Crippen LogP contribution >= 0.6 is 23.4 Å². The van der Waals surface area contributed by atoms with E-state index in [1.54, 1.807) is 11.8 Å². The summed E-state index contributed by atoms with van der Waals surface area (Å²) in [6, 6.07) is 10.2. The number of halogens is 1. The number of nitrogens with one attached hydrogen (secondary N) is 1. The van der Waals surface area contributed by atoms with Crippen LogP contribution in [0, 0.1) is 11.3 Å². The standard InChI is InChI=1S/C14H19ClN2S/c1-3-9-17-14(2,11-16)8-10-18-13-6-4-12(15)5-7-13/h4-7,17H,3,8-10H2,1-2H3. The fourth-order valence-electron chi connectivity index (χ4n) is 1.49. The van der Waals surface area contributed by atoms with Crippen molar-refractivity contribution in [2.75, 3.05) is 12.3 Å². The fourth-order valence-corrected chi connectivity index (χ4v) is 2.69. The molecule has 1 atom stereocenters. The number of rotatable bonds is 7. The van der Waals surface area contributed by atoms with Crippen molar-refractivity contribution in [1.82, 2.24) is 5.32 Å². The van der Waals surface area contributed by atoms with Crippen LogP contribution in [0.2, 0.25) is 5.02 Å². The quantitative estimate of drug-likeness (QED) is 0.765. The molecule has 0 spiro atoms. The Morgan fingerprint density at radius 2 is 2.06 bits per heavy atom. The molecule has 1 aromatic carbocycles. The Kier molecular flexibility index (Phi) is 6.56. The summed E-state index contributed by atoms with van der Waals surface area (Å²) in [5, 5.41) is 13.3. The molecule has 1 rings (SSSR count). The summed E-state index contributed by atoms with van der Waals surface area (Å²) in [5.41, 5.74) is -0.421. The first kappa shape index (κ1) is 15.4. The summed E-state index contributed by atoms with van der Waals surface area (Å²) in [7, 11) is 0. The molecular formula is C14H19ClN2S. The molecule has 0 aliphatic heterocycles. The Bertz CT molecular complexity index is 399. The lowest BCUT2D eigenvalue weighted by molar-refractivity contribution is 0.437. The second kappa shape index (κ2) is 7.68. The van der Waals surface area contributed by atoms with Gasteiger partial charge in [-0.2, -0.15) is 5.26 Å². The molecule has 1 N–H and O–H groups in total. The Labute approximate surface area is 119 Å². The monoisotopic (exact) mass is 282 g/mol. The van der Waals surface area contributed by atoms with Gasteiger partial charge in [0.1, 0.15) is 5.54 Å². The van der Waals surface area contributed by atoms with E-state index in [2.05, 4.69) is 18.3 Å². The van der Waals surface area contributed by atoms with Gasteiger partial charge in [0.15, 0.2) is 0 Å². The molecule has 2 nitrogen and oxygen atoms in total. The number of hydrogen-bond donors (Lipinski definition) is 1. The molecule has 0 fully saturated rings. The second-order valence-electron chi connectivity index (χ2n) is 4.42. The predicted molar refractivity (Wildman–Crippen MR) is 79.1 cm³/mol. The van der Waals surface area contributed by atoms with Crippen LogP contribution in [0.3, 0.4) is 0 Å². The first-order chi connectivity index (χ1) is 8.59. The van der Waals surface area contributed by atoms with Gasteiger partial charge in [0.25, 0.3) is 0 Å². The summed E-state index contributed by atoms with van der Waals surface area (Å²) >= 11 is 7.59. The maximum atomic E-state index is 9.21. The van der Waals surface area contributed by atoms with E-state index in [9.17, 15) is 5.26 Å². The lowest BCUT2D eigenvalue weighted by Crippen LogP contribution is -2.41. The Balaban J connectivity index is 2.40. The molecular weight excluding hydrogens is 264 g/mol. The maximum absolute atomic E-state index is 9.21. The lowest BCUT2D eigenvalue weighted by atomic mass is 10.0. The summed E-state index contributed by atoms with van der Waals surface area (Å²) in [5.74, 6) is 0.919. The first-order valence-corrected chi connectivity index (χ1v) is 7.50. The van der Waals surface area contributed by atoms with Crippen LogP contribution < -0.4 is 5.32 Å². The minimum absolute atomic E-state index is 0.421. The van der Waals surface area contributed by atoms with E-state index in [-0.39, 0.29) is 0 Å². The third-order valence-electron chi connectivity index (χ3n) is 2.70. The largest absolute Gasteiger partial charge is 0.300 e. The molecule has 0 radical (unpaired) electrons. The van der Waals surface area contributed by atoms with E-state index in [0.717, 1.165) is 30.2 Å². The van der Waals surface area contributed by atoms with Crippen molar-refractivity contribution in [3.8, 4) is 6.07 Å². The van der Waals surface area contributed by atoms with E-state index in [1.807, 2.05) is 31.2 Å². The van der Waals surface area contributed by atoms with Gasteiger partial charge in [-0.05, 0) is 50.6 Å². The van der Waals surface area contributed by atoms with Gasteiger partial charge in [0, 0.05) is 15.7 Å². The van der Waals surface area contributed by atoms with Gasteiger partial charge in [-0.3, -0.25) is 5.32 Å². The number of hydrogen-bond acceptors (Lipinski definition) is 3. The van der Waals surface area contributed by atoms with Gasteiger partial charge in [0.2, 0.25) is 0 Å². The summed E-state index contributed by atoms with van der Waals surface area (Å²) in [6.45, 7) is 4.95. The second-order valence-corrected chi connectivity index (χ2v) is 6.03. The first-order valence-electron chi connectivity index (χ1n) is 6.14. The van der Waals surface area contributed by atoms with Gasteiger partial charge < -0.3 is 0 Å². The third kappa shape index (κ3) is 5.30. The highest BCUT2D eigenvalue weighted by atomic mass is 35.5. The van der Waals surface area contributed by atoms with Crippen LogP contribution in [0.5, 0.6) is 0 Å². The van der Waals surface area contributed by atoms with Crippen molar-refractivity contribution < 1.29 is 0 Å². The zero-order chi connectivity index (χ0) is 13.4. The molecule has 0 amide bonds. The normalized spacial score (nSPS) is 13.9. The molecule has 4 heteroatoms. The predicted octanol–water partition coefficient (Wildman–Crippen LogP) is 4.10. The highest BCUT2D eigenvalue weighted by molar-refractivity contribution is 7.99. The number of nitriles is 1. The van der Waals surface area contributed by atoms with Crippen molar-refractivity contribution in [2.45, 2.75) is 37.1 Å². The van der Waals surface area contributed by atoms with E-state index >= 15 is 0 Å². The average molecular weight is 283 g/mol. The SMILES string of the molecule is CCCNC(C)(C#N)CCSc1ccc(Cl)cc1. The van der Waals surface area contributed by atoms with Crippen LogP contribution in [0.4, 0.5) is 0 Å². The molecule has 0 saturated heterocycles. The van der Waals surface area contributed by atoms with Crippen LogP contribution in [-0.4, -0.2) is 17.8 Å². The Morgan fingerprint density at radius 1 is 1.39 bits per heavy atom. The Morgan fingerprint density at radius 3 is 2.61 bits per heavy atom. The number of benzene rings is 1. The average Bonchev–Trinajstić information content (AvgIpc) is 2.39. The minimum Gasteiger partial charge on any atom is -0.300 e. The fraction of sp³-hybridized carbons (Fsp3) is 0.500. The molecule has 0 saturated carbocycles. The molecule has 18 heavy (non-hydrogen) atoms. The van der Waals surface area contributed by atoms with Crippen molar-refractivity contribution in [1.29, 1.82) is 5.26 Å². The molecule has 1 aromatic rings. The van der Waals surface area contributed by atoms with Gasteiger partial charge in [-0.25, -0.2) is 0 Å². The van der Waals surface area contributed by atoms with E-state index in [4.69, 9.17) is 11.6 Å². The minimum atomic E-state index is -0.421. The van der Waals surface area contributed by atoms with Crippen LogP contribution in [-0.2, 0) is 0 Å². The molecule has 0 aliphatic carbocycles. The van der Waals surface area contributed by atoms with Crippen LogP contribution in [0.25, 0.3) is 0 Å². The third-order valence-corrected chi connectivity index (χ3v) is 3.96. The smallest absolute Gasteiger partial charge is 0.104 e. The molecule has 0 bridgehead atoms. The number of thioether (sulfide) groups is 1. The zero-order valence-electron chi connectivity index (χ0n) is 10.9. The van der Waals surface area contributed by atoms with Gasteiger partial charge in [0.05, 0.1) is 6.07 Å². The highest BCUT2D eigenvalue weighted by Crippen LogP contribution is 2.23. The zero-order valence-corrected chi connectivity index (χ0v) is 12.4. The summed E-state index contributed by atoms with van der Waals surface area (Å²) in [6.07, 6.45) is 1.87. The number of nitrogens with zero attached hydrogens (tertiary/aromatic N) is 1. The van der Waals surface area contributed by atoms with Crippen molar-refractivity contribution in [3.05, 3.63) is 29.3 Å². The van der Waals surface area contributed by atoms with Crippen molar-refractivity contribution in [3.63, 3.8) is 0 Å². The molecule has 1 unspecified atom stereocenters. The topological polar surface area (TPSA) is 35.8 Å². The Hall–Kier alpha value is -0.690. The van der Waals surface area contributed by atoms with Crippen molar-refractivity contribution >= 4 is 23.4 Å². The van der Waals surface area contributed by atoms with Crippen LogP contribution in [0.1, 0.15) is 26.7 Å². The van der Waals surface area contributed by atoms with Gasteiger partial charge in [-0.15, -0.1) is 11.8 Å². The van der Waals surface area contributed by atoms with Crippen molar-refractivity contribution in [2.24, 2.45) is 0 Å². The van der Waals surface area contributed by atoms with E-state index < -0.39 is 5.54 Å². The molecule has 0 aliphatic rings. The van der Waals surface area contributed by atoms with Gasteiger partial charge in [-0.1, -0.05) is 18.5 Å². The summed E-state index contributed by atoms with van der Waals surface area (Å²) < 4.78 is 0. The lowest BCUT2D eigenvalue weighted by Gasteiger charge is -2.22. The maximum Gasteiger partial charge on any atom is 0.104 e. The summed E-state index contributed by atoms with van der Waals surface area (Å²) in [4.78, 5) is 1.19. The van der Waals surface area contributed by atoms with E-state index in [0.29, 0.717) is 0 Å².